The Labute approximate surface area is 159 Å². The van der Waals surface area contributed by atoms with Gasteiger partial charge in [0.05, 0.1) is 11.6 Å². The number of likely N-dealkylation sites (tertiary alicyclic amines) is 1. The Bertz CT molecular complexity index is 870. The molecule has 2 heterocycles. The van der Waals surface area contributed by atoms with Gasteiger partial charge in [0.25, 0.3) is 0 Å². The van der Waals surface area contributed by atoms with Crippen LogP contribution in [0.25, 0.3) is 0 Å². The van der Waals surface area contributed by atoms with Crippen molar-refractivity contribution in [2.75, 3.05) is 18.7 Å². The number of benzene rings is 2. The molecule has 0 bridgehead atoms. The molecule has 2 aliphatic rings. The molecule has 1 atom stereocenters. The summed E-state index contributed by atoms with van der Waals surface area (Å²) in [6.45, 7) is 1.08. The third-order valence-electron chi connectivity index (χ3n) is 4.53. The van der Waals surface area contributed by atoms with E-state index < -0.39 is 0 Å². The average Bonchev–Trinajstić information content (AvgIpc) is 3.23. The maximum atomic E-state index is 12.5. The van der Waals surface area contributed by atoms with Gasteiger partial charge in [-0.3, -0.25) is 9.59 Å². The van der Waals surface area contributed by atoms with E-state index in [-0.39, 0.29) is 30.9 Å². The number of amides is 2. The molecule has 0 saturated carbocycles. The van der Waals surface area contributed by atoms with E-state index in [4.69, 9.17) is 9.47 Å². The molecule has 0 aromatic heterocycles. The Morgan fingerprint density at radius 1 is 1.19 bits per heavy atom. The van der Waals surface area contributed by atoms with Crippen molar-refractivity contribution >= 4 is 33.4 Å². The minimum absolute atomic E-state index is 0.0186. The average molecular weight is 417 g/mol. The monoisotopic (exact) mass is 416 g/mol. The number of ether oxygens (including phenoxy) is 2. The van der Waals surface area contributed by atoms with Gasteiger partial charge in [-0.15, -0.1) is 0 Å². The summed E-state index contributed by atoms with van der Waals surface area (Å²) in [6, 6.07) is 13.1. The third kappa shape index (κ3) is 3.39. The predicted octanol–water partition coefficient (Wildman–Crippen LogP) is 3.17. The maximum absolute atomic E-state index is 12.5. The molecule has 26 heavy (non-hydrogen) atoms. The lowest BCUT2D eigenvalue weighted by Gasteiger charge is -2.17. The van der Waals surface area contributed by atoms with Crippen LogP contribution < -0.4 is 14.8 Å². The number of carbonyl (C=O) groups is 2. The van der Waals surface area contributed by atoms with Gasteiger partial charge in [0, 0.05) is 24.0 Å². The van der Waals surface area contributed by atoms with Gasteiger partial charge in [-0.05, 0) is 45.8 Å². The summed E-state index contributed by atoms with van der Waals surface area (Å²) < 4.78 is 11.5. The molecule has 134 valence electrons. The number of hydrogen-bond acceptors (Lipinski definition) is 4. The number of fused-ring (bicyclic) bond motifs is 1. The predicted molar refractivity (Wildman–Crippen MR) is 98.9 cm³/mol. The van der Waals surface area contributed by atoms with Crippen molar-refractivity contribution in [3.63, 3.8) is 0 Å². The van der Waals surface area contributed by atoms with Gasteiger partial charge in [0.15, 0.2) is 11.5 Å². The second-order valence-electron chi connectivity index (χ2n) is 6.33. The van der Waals surface area contributed by atoms with Gasteiger partial charge in [-0.2, -0.15) is 0 Å². The third-order valence-corrected chi connectivity index (χ3v) is 5.22. The highest BCUT2D eigenvalue weighted by Crippen LogP contribution is 2.33. The fourth-order valence-electron chi connectivity index (χ4n) is 3.16. The molecule has 0 radical (unpaired) electrons. The van der Waals surface area contributed by atoms with Crippen LogP contribution in [0.15, 0.2) is 46.9 Å². The summed E-state index contributed by atoms with van der Waals surface area (Å²) >= 11 is 3.41. The van der Waals surface area contributed by atoms with Gasteiger partial charge in [0.1, 0.15) is 0 Å². The Morgan fingerprint density at radius 2 is 2.00 bits per heavy atom. The van der Waals surface area contributed by atoms with Crippen molar-refractivity contribution < 1.29 is 19.1 Å². The SMILES string of the molecule is O=C(Nc1ccccc1Br)C1CC(=O)N(Cc2ccc3c(c2)OCO3)C1. The smallest absolute Gasteiger partial charge is 0.231 e. The van der Waals surface area contributed by atoms with Crippen molar-refractivity contribution in [1.29, 1.82) is 0 Å². The molecular formula is C19H17BrN2O4. The maximum Gasteiger partial charge on any atom is 0.231 e. The lowest BCUT2D eigenvalue weighted by Crippen LogP contribution is -2.28. The molecule has 1 fully saturated rings. The van der Waals surface area contributed by atoms with Crippen LogP contribution in [-0.2, 0) is 16.1 Å². The van der Waals surface area contributed by atoms with E-state index in [1.54, 1.807) is 4.90 Å². The van der Waals surface area contributed by atoms with Crippen LogP contribution in [0.1, 0.15) is 12.0 Å². The Balaban J connectivity index is 1.40. The molecule has 2 aliphatic heterocycles. The van der Waals surface area contributed by atoms with Crippen LogP contribution in [0.5, 0.6) is 11.5 Å². The van der Waals surface area contributed by atoms with Gasteiger partial charge in [-0.1, -0.05) is 18.2 Å². The number of rotatable bonds is 4. The van der Waals surface area contributed by atoms with Gasteiger partial charge < -0.3 is 19.7 Å². The van der Waals surface area contributed by atoms with Crippen LogP contribution in [0.4, 0.5) is 5.69 Å². The molecule has 2 aromatic rings. The zero-order valence-corrected chi connectivity index (χ0v) is 15.5. The van der Waals surface area contributed by atoms with E-state index in [9.17, 15) is 9.59 Å². The minimum atomic E-state index is -0.358. The number of carbonyl (C=O) groups excluding carboxylic acids is 2. The van der Waals surface area contributed by atoms with Crippen molar-refractivity contribution in [2.24, 2.45) is 5.92 Å². The molecular weight excluding hydrogens is 400 g/mol. The molecule has 1 unspecified atom stereocenters. The highest BCUT2D eigenvalue weighted by Gasteiger charge is 2.34. The second kappa shape index (κ2) is 6.99. The topological polar surface area (TPSA) is 67.9 Å². The minimum Gasteiger partial charge on any atom is -0.454 e. The van der Waals surface area contributed by atoms with Crippen LogP contribution in [0.2, 0.25) is 0 Å². The summed E-state index contributed by atoms with van der Waals surface area (Å²) in [4.78, 5) is 26.6. The first-order valence-electron chi connectivity index (χ1n) is 8.32. The molecule has 4 rings (SSSR count). The van der Waals surface area contributed by atoms with Crippen LogP contribution in [0, 0.1) is 5.92 Å². The number of hydrogen-bond donors (Lipinski definition) is 1. The summed E-state index contributed by atoms with van der Waals surface area (Å²) in [5, 5.41) is 2.89. The highest BCUT2D eigenvalue weighted by molar-refractivity contribution is 9.10. The Hall–Kier alpha value is -2.54. The summed E-state index contributed by atoms with van der Waals surface area (Å²) in [5.41, 5.74) is 1.66. The molecule has 0 spiro atoms. The number of anilines is 1. The van der Waals surface area contributed by atoms with Gasteiger partial charge in [0.2, 0.25) is 18.6 Å². The van der Waals surface area contributed by atoms with E-state index in [0.717, 1.165) is 10.0 Å². The first kappa shape index (κ1) is 16.9. The number of para-hydroxylation sites is 1. The van der Waals surface area contributed by atoms with Crippen LogP contribution >= 0.6 is 15.9 Å². The molecule has 0 aliphatic carbocycles. The lowest BCUT2D eigenvalue weighted by molar-refractivity contribution is -0.128. The van der Waals surface area contributed by atoms with Gasteiger partial charge >= 0.3 is 0 Å². The van der Waals surface area contributed by atoms with Crippen molar-refractivity contribution in [3.05, 3.63) is 52.5 Å². The van der Waals surface area contributed by atoms with E-state index in [1.807, 2.05) is 42.5 Å². The van der Waals surface area contributed by atoms with E-state index >= 15 is 0 Å². The summed E-state index contributed by atoms with van der Waals surface area (Å²) in [6.07, 6.45) is 0.223. The Kier molecular flexibility index (Phi) is 4.55. The fraction of sp³-hybridized carbons (Fsp3) is 0.263. The first-order valence-corrected chi connectivity index (χ1v) is 9.11. The summed E-state index contributed by atoms with van der Waals surface area (Å²) in [5.74, 6) is 0.890. The van der Waals surface area contributed by atoms with Crippen LogP contribution in [0.3, 0.4) is 0 Å². The molecule has 7 heteroatoms. The normalized spacial score (nSPS) is 18.3. The lowest BCUT2D eigenvalue weighted by atomic mass is 10.1. The zero-order chi connectivity index (χ0) is 18.1. The largest absolute Gasteiger partial charge is 0.454 e. The quantitative estimate of drug-likeness (QED) is 0.830. The standard InChI is InChI=1S/C19H17BrN2O4/c20-14-3-1-2-4-15(14)21-19(24)13-8-18(23)22(10-13)9-12-5-6-16-17(7-12)26-11-25-16/h1-7,13H,8-11H2,(H,21,24). The molecule has 2 amide bonds. The van der Waals surface area contributed by atoms with E-state index in [1.165, 1.54) is 0 Å². The second-order valence-corrected chi connectivity index (χ2v) is 7.19. The summed E-state index contributed by atoms with van der Waals surface area (Å²) in [7, 11) is 0. The number of halogens is 1. The molecule has 6 nitrogen and oxygen atoms in total. The van der Waals surface area contributed by atoms with Crippen molar-refractivity contribution in [1.82, 2.24) is 4.90 Å². The fourth-order valence-corrected chi connectivity index (χ4v) is 3.54. The molecule has 2 aromatic carbocycles. The van der Waals surface area contributed by atoms with E-state index in [2.05, 4.69) is 21.2 Å². The van der Waals surface area contributed by atoms with Gasteiger partial charge in [-0.25, -0.2) is 0 Å². The Morgan fingerprint density at radius 3 is 2.85 bits per heavy atom. The zero-order valence-electron chi connectivity index (χ0n) is 13.9. The number of nitrogens with zero attached hydrogens (tertiary/aromatic N) is 1. The van der Waals surface area contributed by atoms with E-state index in [0.29, 0.717) is 30.3 Å². The van der Waals surface area contributed by atoms with Crippen molar-refractivity contribution in [3.8, 4) is 11.5 Å². The molecule has 1 N–H and O–H groups in total. The first-order chi connectivity index (χ1) is 12.6. The molecule has 1 saturated heterocycles. The van der Waals surface area contributed by atoms with Crippen LogP contribution in [-0.4, -0.2) is 30.1 Å². The number of nitrogens with one attached hydrogen (secondary N) is 1. The van der Waals surface area contributed by atoms with Crippen molar-refractivity contribution in [2.45, 2.75) is 13.0 Å². The highest BCUT2D eigenvalue weighted by atomic mass is 79.9.